The maximum Gasteiger partial charge on any atom is 0.211 e. The molecule has 0 spiro atoms. The van der Waals surface area contributed by atoms with Crippen LogP contribution < -0.4 is 4.72 Å². The Morgan fingerprint density at radius 3 is 2.59 bits per heavy atom. The second-order valence-electron chi connectivity index (χ2n) is 8.14. The number of hydrogen-bond acceptors (Lipinski definition) is 5. The topological polar surface area (TPSA) is 95.9 Å². The molecule has 1 aromatic carbocycles. The van der Waals surface area contributed by atoms with E-state index in [1.807, 2.05) is 36.4 Å². The highest BCUT2D eigenvalue weighted by Crippen LogP contribution is 2.44. The molecular weight excluding hydrogens is 390 g/mol. The van der Waals surface area contributed by atoms with Crippen LogP contribution in [-0.2, 0) is 21.2 Å². The maximum atomic E-state index is 12.5. The van der Waals surface area contributed by atoms with Gasteiger partial charge in [0.1, 0.15) is 0 Å². The van der Waals surface area contributed by atoms with Crippen molar-refractivity contribution < 1.29 is 23.4 Å². The zero-order chi connectivity index (χ0) is 20.7. The first-order chi connectivity index (χ1) is 14.0. The molecule has 1 aromatic rings. The largest absolute Gasteiger partial charge is 0.394 e. The van der Waals surface area contributed by atoms with Crippen LogP contribution >= 0.6 is 0 Å². The summed E-state index contributed by atoms with van der Waals surface area (Å²) in [5.41, 5.74) is 1.02. The van der Waals surface area contributed by atoms with Gasteiger partial charge in [-0.25, -0.2) is 13.1 Å². The van der Waals surface area contributed by atoms with Gasteiger partial charge in [-0.2, -0.15) is 0 Å². The monoisotopic (exact) mass is 423 g/mol. The minimum Gasteiger partial charge on any atom is -0.394 e. The molecule has 2 saturated heterocycles. The molecule has 6 nitrogen and oxygen atoms in total. The van der Waals surface area contributed by atoms with E-state index in [-0.39, 0.29) is 30.5 Å². The van der Waals surface area contributed by atoms with Crippen LogP contribution in [-0.4, -0.2) is 55.8 Å². The number of ether oxygens (including phenoxy) is 1. The molecule has 3 N–H and O–H groups in total. The lowest BCUT2D eigenvalue weighted by molar-refractivity contribution is 0.0875. The third-order valence-corrected chi connectivity index (χ3v) is 7.43. The van der Waals surface area contributed by atoms with E-state index >= 15 is 0 Å². The van der Waals surface area contributed by atoms with Crippen molar-refractivity contribution >= 4 is 10.0 Å². The number of hydrogen-bond donors (Lipinski definition) is 3. The summed E-state index contributed by atoms with van der Waals surface area (Å²) >= 11 is 0. The summed E-state index contributed by atoms with van der Waals surface area (Å²) in [6.07, 6.45) is 8.52. The lowest BCUT2D eigenvalue weighted by atomic mass is 9.77. The Bertz CT molecular complexity index is 752. The molecule has 1 unspecified atom stereocenters. The van der Waals surface area contributed by atoms with E-state index in [0.29, 0.717) is 25.3 Å². The van der Waals surface area contributed by atoms with E-state index in [2.05, 4.69) is 10.8 Å². The van der Waals surface area contributed by atoms with Gasteiger partial charge in [0.25, 0.3) is 0 Å². The molecule has 29 heavy (non-hydrogen) atoms. The van der Waals surface area contributed by atoms with Gasteiger partial charge in [-0.1, -0.05) is 42.5 Å². The second kappa shape index (κ2) is 10.7. The molecule has 0 saturated carbocycles. The van der Waals surface area contributed by atoms with Crippen molar-refractivity contribution in [1.29, 1.82) is 0 Å². The molecule has 0 aromatic heterocycles. The van der Waals surface area contributed by atoms with Crippen LogP contribution in [0.15, 0.2) is 42.5 Å². The third kappa shape index (κ3) is 6.62. The Hall–Kier alpha value is -1.25. The van der Waals surface area contributed by atoms with Gasteiger partial charge in [-0.05, 0) is 50.0 Å². The van der Waals surface area contributed by atoms with Crippen molar-refractivity contribution in [3.63, 3.8) is 0 Å². The van der Waals surface area contributed by atoms with Crippen LogP contribution in [0.2, 0.25) is 0 Å². The summed E-state index contributed by atoms with van der Waals surface area (Å²) in [5.74, 6) is 0.619. The first-order valence-corrected chi connectivity index (χ1v) is 12.2. The highest BCUT2D eigenvalue weighted by molar-refractivity contribution is 7.89. The fourth-order valence-electron chi connectivity index (χ4n) is 4.42. The summed E-state index contributed by atoms with van der Waals surface area (Å²) in [5, 5.41) is 18.2. The van der Waals surface area contributed by atoms with E-state index in [1.165, 1.54) is 0 Å². The normalized spacial score (nSPS) is 27.7. The van der Waals surface area contributed by atoms with E-state index in [0.717, 1.165) is 31.2 Å². The smallest absolute Gasteiger partial charge is 0.211 e. The highest BCUT2D eigenvalue weighted by Gasteiger charge is 2.48. The van der Waals surface area contributed by atoms with Crippen LogP contribution in [0, 0.1) is 11.8 Å². The van der Waals surface area contributed by atoms with Crippen LogP contribution in [0.5, 0.6) is 0 Å². The van der Waals surface area contributed by atoms with Gasteiger partial charge in [0, 0.05) is 12.5 Å². The minimum atomic E-state index is -3.32. The highest BCUT2D eigenvalue weighted by atomic mass is 32.2. The summed E-state index contributed by atoms with van der Waals surface area (Å²) in [6.45, 7) is 0.223. The Balaban J connectivity index is 1.47. The molecular formula is C22H33NO5S. The number of sulfonamides is 1. The number of allylic oxidation sites excluding steroid dienone is 2. The first kappa shape index (κ1) is 22.4. The number of fused-ring (bicyclic) bond motifs is 2. The van der Waals surface area contributed by atoms with E-state index < -0.39 is 16.1 Å². The number of aliphatic hydroxyl groups is 2. The van der Waals surface area contributed by atoms with Gasteiger partial charge in [-0.15, -0.1) is 0 Å². The van der Waals surface area contributed by atoms with Crippen molar-refractivity contribution in [1.82, 2.24) is 4.72 Å². The van der Waals surface area contributed by atoms with E-state index in [9.17, 15) is 13.5 Å². The second-order valence-corrected chi connectivity index (χ2v) is 10.1. The molecule has 2 fully saturated rings. The van der Waals surface area contributed by atoms with Crippen LogP contribution in [0.4, 0.5) is 0 Å². The fourth-order valence-corrected chi connectivity index (χ4v) is 5.52. The van der Waals surface area contributed by atoms with Gasteiger partial charge >= 0.3 is 0 Å². The van der Waals surface area contributed by atoms with Gasteiger partial charge in [-0.3, -0.25) is 0 Å². The minimum absolute atomic E-state index is 0.0937. The first-order valence-electron chi connectivity index (χ1n) is 10.6. The number of benzene rings is 1. The predicted octanol–water partition coefficient (Wildman–Crippen LogP) is 2.02. The Kier molecular flexibility index (Phi) is 8.26. The molecule has 162 valence electrons. The predicted molar refractivity (Wildman–Crippen MR) is 113 cm³/mol. The molecule has 3 rings (SSSR count). The quantitative estimate of drug-likeness (QED) is 0.447. The zero-order valence-corrected chi connectivity index (χ0v) is 17.6. The zero-order valence-electron chi connectivity index (χ0n) is 16.8. The van der Waals surface area contributed by atoms with Crippen molar-refractivity contribution in [2.45, 2.75) is 56.8 Å². The van der Waals surface area contributed by atoms with E-state index in [1.54, 1.807) is 0 Å². The molecule has 2 aliphatic heterocycles. The molecule has 2 heterocycles. The number of nitrogens with one attached hydrogen (secondary N) is 1. The van der Waals surface area contributed by atoms with Crippen LogP contribution in [0.1, 0.15) is 37.7 Å². The molecule has 5 atom stereocenters. The summed E-state index contributed by atoms with van der Waals surface area (Å²) in [4.78, 5) is 0. The average molecular weight is 424 g/mol. The number of aryl methyl sites for hydroxylation is 1. The summed E-state index contributed by atoms with van der Waals surface area (Å²) in [6, 6.07) is 9.66. The van der Waals surface area contributed by atoms with Gasteiger partial charge < -0.3 is 14.9 Å². The molecule has 2 bridgehead atoms. The van der Waals surface area contributed by atoms with Crippen molar-refractivity contribution in [3.05, 3.63) is 48.0 Å². The molecule has 0 aliphatic carbocycles. The summed E-state index contributed by atoms with van der Waals surface area (Å²) in [7, 11) is -3.32. The number of aliphatic hydroxyl groups excluding tert-OH is 2. The lowest BCUT2D eigenvalue weighted by Crippen LogP contribution is -2.39. The van der Waals surface area contributed by atoms with E-state index in [4.69, 9.17) is 9.84 Å². The Morgan fingerprint density at radius 1 is 1.14 bits per heavy atom. The van der Waals surface area contributed by atoms with Crippen molar-refractivity contribution in [3.8, 4) is 0 Å². The van der Waals surface area contributed by atoms with Gasteiger partial charge in [0.15, 0.2) is 0 Å². The summed E-state index contributed by atoms with van der Waals surface area (Å²) < 4.78 is 33.8. The fraction of sp³-hybridized carbons (Fsp3) is 0.636. The Morgan fingerprint density at radius 2 is 1.86 bits per heavy atom. The van der Waals surface area contributed by atoms with Crippen LogP contribution in [0.3, 0.4) is 0 Å². The standard InChI is InChI=1S/C22H33NO5S/c24-16-18(25)9-5-2-6-10-19-20(22-12-11-21(19)28-22)15-23-29(26,27)14-13-17-7-3-1-4-8-17/h1-4,6-8,18-25H,5,9-16H2/b6-2-/t18-,19?,20-,21+,22-/m1/s1. The van der Waals surface area contributed by atoms with Gasteiger partial charge in [0.2, 0.25) is 10.0 Å². The van der Waals surface area contributed by atoms with Crippen LogP contribution in [0.25, 0.3) is 0 Å². The Labute approximate surface area is 174 Å². The van der Waals surface area contributed by atoms with Crippen molar-refractivity contribution in [2.75, 3.05) is 18.9 Å². The molecule has 7 heteroatoms. The van der Waals surface area contributed by atoms with Gasteiger partial charge in [0.05, 0.1) is 30.7 Å². The maximum absolute atomic E-state index is 12.5. The molecule has 2 aliphatic rings. The SMILES string of the molecule is O=S(=O)(CCc1ccccc1)NC[C@@H]1C(C/C=C\CC[C@@H](O)CO)[C@@H]2CC[C@H]1O2. The van der Waals surface area contributed by atoms with Crippen molar-refractivity contribution in [2.24, 2.45) is 11.8 Å². The lowest BCUT2D eigenvalue weighted by Gasteiger charge is -2.27. The average Bonchev–Trinajstić information content (AvgIpc) is 3.33. The molecule has 0 amide bonds. The number of rotatable bonds is 12. The molecule has 0 radical (unpaired) electrons. The third-order valence-electron chi connectivity index (χ3n) is 6.08.